The summed E-state index contributed by atoms with van der Waals surface area (Å²) in [5, 5.41) is 13.3. The Morgan fingerprint density at radius 2 is 1.56 bits per heavy atom. The van der Waals surface area contributed by atoms with Crippen LogP contribution in [-0.2, 0) is 36.7 Å². The molecular weight excluding hydrogens is 842 g/mol. The molecule has 1 N–H and O–H groups in total. The molecule has 0 fully saturated rings. The molecule has 0 atom stereocenters. The molecule has 0 aliphatic rings. The van der Waals surface area contributed by atoms with Crippen LogP contribution in [0.4, 0.5) is 4.39 Å². The molecule has 281 valence electrons. The number of aryl methyl sites for hydroxylation is 1. The van der Waals surface area contributed by atoms with Gasteiger partial charge in [0.25, 0.3) is 0 Å². The van der Waals surface area contributed by atoms with Crippen LogP contribution >= 0.6 is 11.3 Å². The number of fused-ring (bicyclic) bond motifs is 2. The fourth-order valence-corrected chi connectivity index (χ4v) is 8.00. The van der Waals surface area contributed by atoms with Crippen molar-refractivity contribution in [2.45, 2.75) is 107 Å². The summed E-state index contributed by atoms with van der Waals surface area (Å²) < 4.78 is 30.2. The summed E-state index contributed by atoms with van der Waals surface area (Å²) in [4.78, 5) is 17.7. The predicted octanol–water partition coefficient (Wildman–Crippen LogP) is 13.6. The molecule has 0 saturated carbocycles. The first-order valence-corrected chi connectivity index (χ1v) is 19.2. The van der Waals surface area contributed by atoms with Gasteiger partial charge in [0.2, 0.25) is 0 Å². The van der Waals surface area contributed by atoms with Gasteiger partial charge in [-0.2, -0.15) is 0 Å². The minimum absolute atomic E-state index is 0. The van der Waals surface area contributed by atoms with Gasteiger partial charge in [0.15, 0.2) is 5.78 Å². The summed E-state index contributed by atoms with van der Waals surface area (Å²) in [6, 6.07) is 24.5. The maximum atomic E-state index is 14.0. The fraction of sp³-hybridized carbons (Fsp3) is 0.435. The molecule has 0 spiro atoms. The van der Waals surface area contributed by atoms with Crippen molar-refractivity contribution >= 4 is 38.0 Å². The molecule has 6 heteroatoms. The SMILES string of the molecule is CCC(CC)C(=O)/C=C(\O)C(CC)CC.[2H]C([2H])(F)C(C)(C)Cc1ccc(-c2sc3c(-c4[c-]c5ccccc5c(C(C)(C)C)c4)nccc3c2C)cc1.[Ir]. The summed E-state index contributed by atoms with van der Waals surface area (Å²) >= 11 is 1.74. The van der Waals surface area contributed by atoms with Crippen molar-refractivity contribution in [3.63, 3.8) is 0 Å². The van der Waals surface area contributed by atoms with Crippen LogP contribution in [0.2, 0.25) is 0 Å². The molecule has 3 aromatic carbocycles. The van der Waals surface area contributed by atoms with E-state index < -0.39 is 12.0 Å². The van der Waals surface area contributed by atoms with E-state index in [1.165, 1.54) is 32.9 Å². The van der Waals surface area contributed by atoms with E-state index in [2.05, 4.69) is 82.3 Å². The molecule has 5 rings (SSSR count). The number of hydrogen-bond donors (Lipinski definition) is 1. The number of thiophene rings is 1. The van der Waals surface area contributed by atoms with Crippen LogP contribution in [0, 0.1) is 30.2 Å². The van der Waals surface area contributed by atoms with Crippen molar-refractivity contribution in [2.24, 2.45) is 17.3 Å². The zero-order valence-corrected chi connectivity index (χ0v) is 35.8. The second kappa shape index (κ2) is 18.7. The van der Waals surface area contributed by atoms with Gasteiger partial charge in [-0.3, -0.25) is 14.2 Å². The van der Waals surface area contributed by atoms with Gasteiger partial charge in [0, 0.05) is 59.5 Å². The number of aliphatic hydroxyl groups excluding tert-OH is 1. The van der Waals surface area contributed by atoms with Crippen LogP contribution < -0.4 is 0 Å². The molecule has 0 saturated heterocycles. The Bertz CT molecular complexity index is 2050. The zero-order valence-electron chi connectivity index (χ0n) is 34.5. The van der Waals surface area contributed by atoms with Gasteiger partial charge in [0.1, 0.15) is 0 Å². The molecule has 0 aliphatic heterocycles. The van der Waals surface area contributed by atoms with Gasteiger partial charge in [-0.1, -0.05) is 116 Å². The van der Waals surface area contributed by atoms with E-state index in [1.807, 2.05) is 46.0 Å². The number of hydrogen-bond acceptors (Lipinski definition) is 4. The van der Waals surface area contributed by atoms with Crippen molar-refractivity contribution in [2.75, 3.05) is 6.63 Å². The Balaban J connectivity index is 0.000000418. The van der Waals surface area contributed by atoms with Crippen LogP contribution in [0.25, 0.3) is 42.6 Å². The summed E-state index contributed by atoms with van der Waals surface area (Å²) in [7, 11) is 0. The number of aliphatic hydroxyl groups is 1. The van der Waals surface area contributed by atoms with E-state index in [0.29, 0.717) is 6.42 Å². The smallest absolute Gasteiger partial charge is 0.162 e. The number of nitrogens with zero attached hydrogens (tertiary/aromatic N) is 1. The van der Waals surface area contributed by atoms with Crippen molar-refractivity contribution in [3.05, 3.63) is 101 Å². The number of benzene rings is 3. The van der Waals surface area contributed by atoms with Gasteiger partial charge >= 0.3 is 0 Å². The largest absolute Gasteiger partial charge is 0.512 e. The van der Waals surface area contributed by atoms with E-state index in [0.717, 1.165) is 58.2 Å². The van der Waals surface area contributed by atoms with Crippen LogP contribution in [0.3, 0.4) is 0 Å². The van der Waals surface area contributed by atoms with E-state index in [1.54, 1.807) is 25.2 Å². The Labute approximate surface area is 332 Å². The summed E-state index contributed by atoms with van der Waals surface area (Å²) in [6.07, 6.45) is 7.12. The van der Waals surface area contributed by atoms with E-state index in [-0.39, 0.29) is 48.9 Å². The second-order valence-corrected chi connectivity index (χ2v) is 16.4. The number of ketones is 1. The minimum Gasteiger partial charge on any atom is -0.512 e. The van der Waals surface area contributed by atoms with Crippen molar-refractivity contribution in [3.8, 4) is 21.7 Å². The first-order valence-electron chi connectivity index (χ1n) is 19.4. The quantitative estimate of drug-likeness (QED) is 0.0771. The second-order valence-electron chi connectivity index (χ2n) is 15.3. The first-order chi connectivity index (χ1) is 24.9. The number of halogens is 1. The number of carbonyl (C=O) groups excluding carboxylic acids is 1. The molecule has 0 unspecified atom stereocenters. The van der Waals surface area contributed by atoms with E-state index in [4.69, 9.17) is 7.73 Å². The van der Waals surface area contributed by atoms with Gasteiger partial charge in [-0.05, 0) is 78.0 Å². The Kier molecular flexibility index (Phi) is 14.4. The van der Waals surface area contributed by atoms with Crippen molar-refractivity contribution in [1.29, 1.82) is 0 Å². The molecule has 2 heterocycles. The Morgan fingerprint density at radius 3 is 2.13 bits per heavy atom. The van der Waals surface area contributed by atoms with Gasteiger partial charge in [-0.15, -0.1) is 40.5 Å². The molecule has 52 heavy (non-hydrogen) atoms. The molecule has 0 bridgehead atoms. The minimum atomic E-state index is -2.75. The normalized spacial score (nSPS) is 13.1. The average molecular weight is 901 g/mol. The summed E-state index contributed by atoms with van der Waals surface area (Å²) in [6.45, 7) is 17.5. The molecular formula is C46H57FIrNO2S-. The van der Waals surface area contributed by atoms with Crippen molar-refractivity contribution < 1.29 is 37.1 Å². The van der Waals surface area contributed by atoms with Crippen LogP contribution in [0.1, 0.15) is 107 Å². The standard InChI is InChI=1S/C33H33FNS.C13H24O2.Ir/c1-21-26-15-16-35-29(25-17-24-9-7-8-10-27(24)28(18-25)32(2,3)4)31(26)36-30(21)23-13-11-22(12-14-23)19-33(5,6)20-34;1-5-10(6-2)12(14)9-13(15)11(7-3)8-4;/h7-16,18H,19-20H2,1-6H3;9-11,14H,5-8H2,1-4H3;/q-1;;/b;12-9-;/i20D2;;. The third-order valence-corrected chi connectivity index (χ3v) is 11.3. The predicted molar refractivity (Wildman–Crippen MR) is 218 cm³/mol. The molecule has 0 amide bonds. The topological polar surface area (TPSA) is 50.2 Å². The molecule has 1 radical (unpaired) electrons. The molecule has 2 aromatic heterocycles. The molecule has 3 nitrogen and oxygen atoms in total. The monoisotopic (exact) mass is 901 g/mol. The van der Waals surface area contributed by atoms with Gasteiger partial charge < -0.3 is 5.11 Å². The van der Waals surface area contributed by atoms with E-state index in [9.17, 15) is 14.3 Å². The number of allylic oxidation sites excluding steroid dienone is 2. The Hall–Kier alpha value is -3.18. The number of rotatable bonds is 12. The van der Waals surface area contributed by atoms with Gasteiger partial charge in [-0.25, -0.2) is 0 Å². The van der Waals surface area contributed by atoms with Crippen LogP contribution in [0.5, 0.6) is 0 Å². The maximum Gasteiger partial charge on any atom is 0.162 e. The number of carbonyl (C=O) groups is 1. The third-order valence-electron chi connectivity index (χ3n) is 9.89. The van der Waals surface area contributed by atoms with Crippen LogP contribution in [0.15, 0.2) is 78.7 Å². The number of pyridine rings is 1. The van der Waals surface area contributed by atoms with E-state index >= 15 is 0 Å². The number of alkyl halides is 1. The Morgan fingerprint density at radius 1 is 0.942 bits per heavy atom. The third kappa shape index (κ3) is 10.3. The zero-order chi connectivity index (χ0) is 39.3. The first kappa shape index (κ1) is 40.0. The fourth-order valence-electron chi connectivity index (χ4n) is 6.69. The molecule has 0 aliphatic carbocycles. The summed E-state index contributed by atoms with van der Waals surface area (Å²) in [5.41, 5.74) is 5.33. The van der Waals surface area contributed by atoms with Crippen molar-refractivity contribution in [1.82, 2.24) is 4.98 Å². The van der Waals surface area contributed by atoms with Gasteiger partial charge in [0.05, 0.1) is 15.1 Å². The number of aromatic nitrogens is 1. The average Bonchev–Trinajstić information content (AvgIpc) is 3.44. The summed E-state index contributed by atoms with van der Waals surface area (Å²) in [5.74, 6) is 0.547. The van der Waals surface area contributed by atoms with Crippen LogP contribution in [-0.4, -0.2) is 22.5 Å². The maximum absolute atomic E-state index is 14.0. The molecule has 5 aromatic rings.